The Morgan fingerprint density at radius 2 is 1.23 bits per heavy atom. The maximum absolute atomic E-state index is 2.62. The van der Waals surface area contributed by atoms with Gasteiger partial charge < -0.3 is 24.8 Å². The summed E-state index contributed by atoms with van der Waals surface area (Å²) in [5.41, 5.74) is 15.8. The van der Waals surface area contributed by atoms with E-state index in [1.165, 1.54) is 73.7 Å². The van der Waals surface area contributed by atoms with Gasteiger partial charge in [0.15, 0.2) is 0 Å². The van der Waals surface area contributed by atoms with E-state index in [4.69, 9.17) is 0 Å². The smallest absolute Gasteiger partial charge is 0.00969 e. The minimum atomic E-state index is 0. The second-order valence-corrected chi connectivity index (χ2v) is 19.9. The molecule has 8 rings (SSSR count). The summed E-state index contributed by atoms with van der Waals surface area (Å²) in [6.45, 7) is 29.2. The Hall–Kier alpha value is -2.57. The third kappa shape index (κ3) is 7.81. The summed E-state index contributed by atoms with van der Waals surface area (Å²) in [7, 11) is 0. The summed E-state index contributed by atoms with van der Waals surface area (Å²) in [5.74, 6) is 3.44. The summed E-state index contributed by atoms with van der Waals surface area (Å²) < 4.78 is 1.43. The zero-order valence-electron chi connectivity index (χ0n) is 36.1. The van der Waals surface area contributed by atoms with Gasteiger partial charge in [-0.3, -0.25) is 0 Å². The van der Waals surface area contributed by atoms with Crippen molar-refractivity contribution in [3.8, 4) is 0 Å². The van der Waals surface area contributed by atoms with E-state index in [0.29, 0.717) is 17.8 Å². The van der Waals surface area contributed by atoms with E-state index >= 15 is 0 Å². The van der Waals surface area contributed by atoms with Gasteiger partial charge in [0.25, 0.3) is 0 Å². The first-order valence-corrected chi connectivity index (χ1v) is 21.7. The molecule has 296 valence electrons. The number of fused-ring (bicyclic) bond motifs is 6. The number of hydrogen-bond acceptors (Lipinski definition) is 0. The van der Waals surface area contributed by atoms with Crippen molar-refractivity contribution in [2.24, 2.45) is 27.6 Å². The minimum absolute atomic E-state index is 0. The minimum Gasteiger partial charge on any atom is -1.00 e. The van der Waals surface area contributed by atoms with E-state index in [1.807, 2.05) is 30.3 Å². The average Bonchev–Trinajstić information content (AvgIpc) is 3.87. The van der Waals surface area contributed by atoms with Crippen LogP contribution in [-0.2, 0) is 30.7 Å². The number of allylic oxidation sites excluding steroid dienone is 6. The van der Waals surface area contributed by atoms with Gasteiger partial charge in [0.1, 0.15) is 0 Å². The molecule has 4 aromatic carbocycles. The largest absolute Gasteiger partial charge is 1.00 e. The molecule has 0 amide bonds. The molecule has 1 fully saturated rings. The van der Waals surface area contributed by atoms with Gasteiger partial charge >= 0.3 is 138 Å². The molecule has 2 unspecified atom stereocenters. The van der Waals surface area contributed by atoms with E-state index in [0.717, 1.165) is 6.42 Å². The molecular formula is C53H64Cl2Zr-2. The Morgan fingerprint density at radius 3 is 1.71 bits per heavy atom. The SMILES string of the molecule is CC(C)c1ccc([C](=[Zr+2])c2ccc(C(C)C)cc2)cc1.C[C-]1C2=C3Cc4ccccc4C3=C3C=CCCC3C2(C)C(C)(C)C(C)(C)C1(C)C.[Cl-].[Cl-].c1cc[cH-]c1. The zero-order chi connectivity index (χ0) is 39.2. The summed E-state index contributed by atoms with van der Waals surface area (Å²) >= 11 is 1.47. The number of rotatable bonds is 4. The molecule has 56 heavy (non-hydrogen) atoms. The Labute approximate surface area is 368 Å². The first-order valence-electron chi connectivity index (χ1n) is 20.5. The molecule has 4 aliphatic rings. The molecule has 4 aromatic rings. The van der Waals surface area contributed by atoms with Gasteiger partial charge in [0.2, 0.25) is 0 Å². The number of hydrogen-bond donors (Lipinski definition) is 0. The summed E-state index contributed by atoms with van der Waals surface area (Å²) in [6, 6.07) is 37.2. The van der Waals surface area contributed by atoms with Crippen LogP contribution in [0.4, 0.5) is 0 Å². The van der Waals surface area contributed by atoms with Crippen LogP contribution in [-0.4, -0.2) is 3.21 Å². The van der Waals surface area contributed by atoms with Crippen LogP contribution in [0.25, 0.3) is 5.57 Å². The molecule has 0 saturated heterocycles. The fraction of sp³-hybridized carbons (Fsp3) is 0.415. The fourth-order valence-electron chi connectivity index (χ4n) is 10.1. The molecule has 0 radical (unpaired) electrons. The molecule has 0 aliphatic heterocycles. The topological polar surface area (TPSA) is 0 Å². The van der Waals surface area contributed by atoms with Crippen LogP contribution in [0.3, 0.4) is 0 Å². The molecule has 0 heterocycles. The molecule has 0 bridgehead atoms. The van der Waals surface area contributed by atoms with Crippen molar-refractivity contribution in [2.75, 3.05) is 0 Å². The molecular weight excluding hydrogens is 799 g/mol. The van der Waals surface area contributed by atoms with Gasteiger partial charge in [0, 0.05) is 0 Å². The molecule has 4 aliphatic carbocycles. The van der Waals surface area contributed by atoms with Gasteiger partial charge in [-0.25, -0.2) is 18.1 Å². The van der Waals surface area contributed by atoms with Crippen molar-refractivity contribution in [1.29, 1.82) is 0 Å². The standard InChI is InChI=1S/C29H37.C19H22.C5H5.2ClH.Zr/c1-18-25-22-17-19-13-9-10-14-20(19)24(22)21-15-11-12-16-23(21)29(25,8)28(6,7)27(4,5)26(18,2)3;1-14(2)18-9-5-16(6-10-18)13-17-7-11-19(12-8-17)15(3)4;1-2-4-5-3-1;;;/h9-11,13-15,23H,12,16-17H2,1-8H3;5-12,14-15H,1-4H3;1-5H;2*1H;/q-1;;-1;;;+2/p-2. The van der Waals surface area contributed by atoms with Crippen LogP contribution >= 0.6 is 0 Å². The predicted octanol–water partition coefficient (Wildman–Crippen LogP) is 8.43. The zero-order valence-corrected chi connectivity index (χ0v) is 40.0. The first kappa shape index (κ1) is 46.1. The molecule has 0 spiro atoms. The summed E-state index contributed by atoms with van der Waals surface area (Å²) in [4.78, 5) is 0. The fourth-order valence-corrected chi connectivity index (χ4v) is 10.9. The second-order valence-electron chi connectivity index (χ2n) is 18.6. The van der Waals surface area contributed by atoms with Crippen molar-refractivity contribution in [3.63, 3.8) is 0 Å². The Balaban J connectivity index is 0.000000225. The normalized spacial score (nSPS) is 21.9. The molecule has 0 nitrogen and oxygen atoms in total. The van der Waals surface area contributed by atoms with Crippen LogP contribution in [0.2, 0.25) is 0 Å². The predicted molar refractivity (Wildman–Crippen MR) is 231 cm³/mol. The van der Waals surface area contributed by atoms with Gasteiger partial charge in [-0.15, -0.1) is 6.92 Å². The van der Waals surface area contributed by atoms with E-state index < -0.39 is 0 Å². The van der Waals surface area contributed by atoms with E-state index in [9.17, 15) is 0 Å². The maximum Gasteiger partial charge on any atom is -0.00969 e. The van der Waals surface area contributed by atoms with Crippen molar-refractivity contribution in [3.05, 3.63) is 171 Å². The van der Waals surface area contributed by atoms with Crippen molar-refractivity contribution in [1.82, 2.24) is 0 Å². The summed E-state index contributed by atoms with van der Waals surface area (Å²) in [6.07, 6.45) is 8.50. The van der Waals surface area contributed by atoms with E-state index in [1.54, 1.807) is 28.2 Å². The number of benzene rings is 3. The third-order valence-corrected chi connectivity index (χ3v) is 16.5. The quantitative estimate of drug-likeness (QED) is 0.181. The molecule has 2 atom stereocenters. The van der Waals surface area contributed by atoms with Crippen molar-refractivity contribution < 1.29 is 49.0 Å². The van der Waals surface area contributed by atoms with Crippen molar-refractivity contribution >= 4 is 8.78 Å². The Kier molecular flexibility index (Phi) is 14.6. The van der Waals surface area contributed by atoms with Crippen LogP contribution < -0.4 is 24.8 Å². The monoisotopic (exact) mass is 860 g/mol. The maximum atomic E-state index is 2.62. The molecule has 0 N–H and O–H groups in total. The van der Waals surface area contributed by atoms with Gasteiger partial charge in [-0.1, -0.05) is 113 Å². The van der Waals surface area contributed by atoms with Crippen LogP contribution in [0, 0.1) is 33.5 Å². The van der Waals surface area contributed by atoms with Gasteiger partial charge in [-0.2, -0.15) is 29.3 Å². The van der Waals surface area contributed by atoms with Gasteiger partial charge in [0.05, 0.1) is 0 Å². The molecule has 0 aromatic heterocycles. The third-order valence-electron chi connectivity index (χ3n) is 15.1. The van der Waals surface area contributed by atoms with E-state index in [-0.39, 0.29) is 46.5 Å². The Morgan fingerprint density at radius 1 is 0.714 bits per heavy atom. The molecule has 1 saturated carbocycles. The average molecular weight is 863 g/mol. The number of halogens is 2. The van der Waals surface area contributed by atoms with Gasteiger partial charge in [-0.05, 0) is 40.6 Å². The van der Waals surface area contributed by atoms with E-state index in [2.05, 4.69) is 168 Å². The van der Waals surface area contributed by atoms with Crippen molar-refractivity contribution in [2.45, 2.75) is 114 Å². The van der Waals surface area contributed by atoms with Crippen LogP contribution in [0.15, 0.2) is 132 Å². The van der Waals surface area contributed by atoms with Crippen LogP contribution in [0.5, 0.6) is 0 Å². The first-order chi connectivity index (χ1) is 25.5. The Bertz CT molecular complexity index is 1980. The molecule has 3 heteroatoms. The second kappa shape index (κ2) is 17.7. The summed E-state index contributed by atoms with van der Waals surface area (Å²) in [5, 5.41) is 0. The van der Waals surface area contributed by atoms with Crippen LogP contribution in [0.1, 0.15) is 141 Å².